The molecule has 0 aromatic carbocycles. The standard InChI is InChI=1S/C13H21N3O2/c1-4-18-12(17)13(9-14,10(2)3)8-11-15-6-5-7-16-11/h5-7,10H,4,8-9,14H2,1-3H3. The third-order valence-electron chi connectivity index (χ3n) is 3.24. The van der Waals surface area contributed by atoms with Gasteiger partial charge in [0.05, 0.1) is 12.0 Å². The zero-order valence-electron chi connectivity index (χ0n) is 11.2. The monoisotopic (exact) mass is 251 g/mol. The highest BCUT2D eigenvalue weighted by molar-refractivity contribution is 5.77. The molecule has 0 radical (unpaired) electrons. The van der Waals surface area contributed by atoms with Crippen LogP contribution in [0, 0.1) is 11.3 Å². The minimum atomic E-state index is -0.753. The fraction of sp³-hybridized carbons (Fsp3) is 0.615. The Labute approximate surface area is 108 Å². The number of rotatable bonds is 6. The highest BCUT2D eigenvalue weighted by atomic mass is 16.5. The summed E-state index contributed by atoms with van der Waals surface area (Å²) in [6.45, 7) is 6.29. The Bertz CT molecular complexity index is 381. The van der Waals surface area contributed by atoms with Crippen molar-refractivity contribution in [2.75, 3.05) is 13.2 Å². The molecule has 0 aliphatic heterocycles. The van der Waals surface area contributed by atoms with E-state index in [0.717, 1.165) is 0 Å². The van der Waals surface area contributed by atoms with E-state index in [1.54, 1.807) is 25.4 Å². The molecule has 2 N–H and O–H groups in total. The Hall–Kier alpha value is -1.49. The molecule has 1 unspecified atom stereocenters. The average Bonchev–Trinajstić information content (AvgIpc) is 2.37. The predicted octanol–water partition coefficient (Wildman–Crippen LogP) is 1.18. The third kappa shape index (κ3) is 3.04. The van der Waals surface area contributed by atoms with Crippen LogP contribution in [0.1, 0.15) is 26.6 Å². The first-order chi connectivity index (χ1) is 8.56. The fourth-order valence-electron chi connectivity index (χ4n) is 1.88. The van der Waals surface area contributed by atoms with Crippen molar-refractivity contribution in [2.45, 2.75) is 27.2 Å². The summed E-state index contributed by atoms with van der Waals surface area (Å²) >= 11 is 0. The van der Waals surface area contributed by atoms with E-state index in [0.29, 0.717) is 18.9 Å². The van der Waals surface area contributed by atoms with Crippen molar-refractivity contribution >= 4 is 5.97 Å². The zero-order valence-corrected chi connectivity index (χ0v) is 11.2. The number of carbonyl (C=O) groups is 1. The lowest BCUT2D eigenvalue weighted by atomic mass is 9.74. The number of hydrogen-bond donors (Lipinski definition) is 1. The second-order valence-electron chi connectivity index (χ2n) is 4.58. The maximum absolute atomic E-state index is 12.2. The molecule has 0 saturated heterocycles. The third-order valence-corrected chi connectivity index (χ3v) is 3.24. The minimum Gasteiger partial charge on any atom is -0.466 e. The Morgan fingerprint density at radius 2 is 2.06 bits per heavy atom. The molecule has 18 heavy (non-hydrogen) atoms. The van der Waals surface area contributed by atoms with Crippen molar-refractivity contribution in [3.63, 3.8) is 0 Å². The second kappa shape index (κ2) is 6.44. The van der Waals surface area contributed by atoms with E-state index in [-0.39, 0.29) is 18.4 Å². The van der Waals surface area contributed by atoms with Crippen LogP contribution in [0.4, 0.5) is 0 Å². The molecular formula is C13H21N3O2. The quantitative estimate of drug-likeness (QED) is 0.768. The SMILES string of the molecule is CCOC(=O)C(CN)(Cc1ncccn1)C(C)C. The van der Waals surface area contributed by atoms with Crippen LogP contribution in [0.15, 0.2) is 18.5 Å². The summed E-state index contributed by atoms with van der Waals surface area (Å²) in [7, 11) is 0. The molecule has 0 amide bonds. The molecule has 1 aromatic rings. The van der Waals surface area contributed by atoms with Gasteiger partial charge in [0.15, 0.2) is 0 Å². The van der Waals surface area contributed by atoms with Crippen molar-refractivity contribution in [1.29, 1.82) is 0 Å². The van der Waals surface area contributed by atoms with Gasteiger partial charge in [-0.05, 0) is 18.9 Å². The largest absolute Gasteiger partial charge is 0.466 e. The molecule has 0 saturated carbocycles. The van der Waals surface area contributed by atoms with Crippen LogP contribution in [0.3, 0.4) is 0 Å². The van der Waals surface area contributed by atoms with E-state index in [9.17, 15) is 4.79 Å². The van der Waals surface area contributed by atoms with Gasteiger partial charge in [-0.25, -0.2) is 9.97 Å². The van der Waals surface area contributed by atoms with Crippen molar-refractivity contribution in [2.24, 2.45) is 17.1 Å². The van der Waals surface area contributed by atoms with Gasteiger partial charge >= 0.3 is 5.97 Å². The van der Waals surface area contributed by atoms with Crippen LogP contribution < -0.4 is 5.73 Å². The van der Waals surface area contributed by atoms with Gasteiger partial charge in [0.25, 0.3) is 0 Å². The normalized spacial score (nSPS) is 14.3. The smallest absolute Gasteiger partial charge is 0.314 e. The molecule has 0 bridgehead atoms. The first kappa shape index (κ1) is 14.6. The van der Waals surface area contributed by atoms with E-state index >= 15 is 0 Å². The van der Waals surface area contributed by atoms with Crippen LogP contribution in [0.25, 0.3) is 0 Å². The Morgan fingerprint density at radius 1 is 1.44 bits per heavy atom. The van der Waals surface area contributed by atoms with Gasteiger partial charge in [-0.2, -0.15) is 0 Å². The van der Waals surface area contributed by atoms with E-state index in [1.165, 1.54) is 0 Å². The summed E-state index contributed by atoms with van der Waals surface area (Å²) in [6.07, 6.45) is 3.73. The maximum Gasteiger partial charge on any atom is 0.314 e. The number of nitrogens with zero attached hydrogens (tertiary/aromatic N) is 2. The predicted molar refractivity (Wildman–Crippen MR) is 68.7 cm³/mol. The van der Waals surface area contributed by atoms with Crippen LogP contribution in [0.5, 0.6) is 0 Å². The van der Waals surface area contributed by atoms with Crippen molar-refractivity contribution in [3.05, 3.63) is 24.3 Å². The molecule has 0 fully saturated rings. The molecule has 100 valence electrons. The highest BCUT2D eigenvalue weighted by Gasteiger charge is 2.42. The average molecular weight is 251 g/mol. The lowest BCUT2D eigenvalue weighted by Gasteiger charge is -2.33. The highest BCUT2D eigenvalue weighted by Crippen LogP contribution is 2.31. The van der Waals surface area contributed by atoms with Gasteiger partial charge in [0, 0.05) is 25.4 Å². The topological polar surface area (TPSA) is 78.1 Å². The van der Waals surface area contributed by atoms with Gasteiger partial charge in [-0.1, -0.05) is 13.8 Å². The van der Waals surface area contributed by atoms with E-state index in [4.69, 9.17) is 10.5 Å². The number of hydrogen-bond acceptors (Lipinski definition) is 5. The molecule has 1 heterocycles. The molecule has 1 rings (SSSR count). The van der Waals surface area contributed by atoms with E-state index in [2.05, 4.69) is 9.97 Å². The molecule has 1 aromatic heterocycles. The summed E-state index contributed by atoms with van der Waals surface area (Å²) in [4.78, 5) is 20.5. The summed E-state index contributed by atoms with van der Waals surface area (Å²) < 4.78 is 5.16. The number of ether oxygens (including phenoxy) is 1. The Balaban J connectivity index is 3.01. The molecular weight excluding hydrogens is 230 g/mol. The van der Waals surface area contributed by atoms with Gasteiger partial charge in [0.1, 0.15) is 5.82 Å². The van der Waals surface area contributed by atoms with Crippen molar-refractivity contribution in [1.82, 2.24) is 9.97 Å². The Kier molecular flexibility index (Phi) is 5.22. The summed E-state index contributed by atoms with van der Waals surface area (Å²) in [5, 5.41) is 0. The van der Waals surface area contributed by atoms with Gasteiger partial charge in [0.2, 0.25) is 0 Å². The second-order valence-corrected chi connectivity index (χ2v) is 4.58. The van der Waals surface area contributed by atoms with Crippen LogP contribution in [0.2, 0.25) is 0 Å². The van der Waals surface area contributed by atoms with Gasteiger partial charge in [-0.3, -0.25) is 4.79 Å². The lowest BCUT2D eigenvalue weighted by molar-refractivity contribution is -0.157. The number of nitrogens with two attached hydrogens (primary N) is 1. The Morgan fingerprint density at radius 3 is 2.50 bits per heavy atom. The number of aromatic nitrogens is 2. The minimum absolute atomic E-state index is 0.0605. The zero-order chi connectivity index (χ0) is 13.6. The molecule has 5 nitrogen and oxygen atoms in total. The van der Waals surface area contributed by atoms with Crippen LogP contribution >= 0.6 is 0 Å². The van der Waals surface area contributed by atoms with Crippen molar-refractivity contribution < 1.29 is 9.53 Å². The molecule has 0 spiro atoms. The molecule has 5 heteroatoms. The van der Waals surface area contributed by atoms with E-state index in [1.807, 2.05) is 13.8 Å². The molecule has 1 atom stereocenters. The van der Waals surface area contributed by atoms with Gasteiger partial charge < -0.3 is 10.5 Å². The molecule has 0 aliphatic carbocycles. The van der Waals surface area contributed by atoms with E-state index < -0.39 is 5.41 Å². The maximum atomic E-state index is 12.2. The first-order valence-electron chi connectivity index (χ1n) is 6.20. The molecule has 0 aliphatic rings. The lowest BCUT2D eigenvalue weighted by Crippen LogP contribution is -2.46. The van der Waals surface area contributed by atoms with Gasteiger partial charge in [-0.15, -0.1) is 0 Å². The first-order valence-corrected chi connectivity index (χ1v) is 6.20. The summed E-state index contributed by atoms with van der Waals surface area (Å²) in [6, 6.07) is 1.74. The number of carbonyl (C=O) groups excluding carboxylic acids is 1. The summed E-state index contributed by atoms with van der Waals surface area (Å²) in [5.74, 6) is 0.407. The van der Waals surface area contributed by atoms with Crippen molar-refractivity contribution in [3.8, 4) is 0 Å². The number of esters is 1. The van der Waals surface area contributed by atoms with Crippen LogP contribution in [-0.4, -0.2) is 29.1 Å². The summed E-state index contributed by atoms with van der Waals surface area (Å²) in [5.41, 5.74) is 5.08. The van der Waals surface area contributed by atoms with Crippen LogP contribution in [-0.2, 0) is 16.0 Å². The fourth-order valence-corrected chi connectivity index (χ4v) is 1.88.